The third-order valence-corrected chi connectivity index (χ3v) is 4.64. The zero-order chi connectivity index (χ0) is 19.0. The highest BCUT2D eigenvalue weighted by Gasteiger charge is 2.42. The SMILES string of the molecule is CN(CCc1nc2ccc(F)cc2[nH]1)C(=O)C[C@@H]1C(=O)N(C)C(=O)N1C. The largest absolute Gasteiger partial charge is 0.345 e. The molecule has 0 radical (unpaired) electrons. The summed E-state index contributed by atoms with van der Waals surface area (Å²) < 4.78 is 13.2. The molecule has 2 aromatic rings. The van der Waals surface area contributed by atoms with Gasteiger partial charge in [-0.25, -0.2) is 14.2 Å². The van der Waals surface area contributed by atoms with Gasteiger partial charge in [-0.05, 0) is 18.2 Å². The predicted molar refractivity (Wildman–Crippen MR) is 91.7 cm³/mol. The van der Waals surface area contributed by atoms with E-state index >= 15 is 0 Å². The molecule has 1 aromatic heterocycles. The van der Waals surface area contributed by atoms with Gasteiger partial charge in [0.05, 0.1) is 17.5 Å². The number of likely N-dealkylation sites (N-methyl/N-ethyl adjacent to an activating group) is 3. The molecule has 9 heteroatoms. The molecule has 1 atom stereocenters. The summed E-state index contributed by atoms with van der Waals surface area (Å²) in [5.41, 5.74) is 1.27. The molecule has 4 amide bonds. The zero-order valence-corrected chi connectivity index (χ0v) is 14.8. The van der Waals surface area contributed by atoms with Crippen molar-refractivity contribution in [1.82, 2.24) is 24.7 Å². The van der Waals surface area contributed by atoms with E-state index in [0.717, 1.165) is 4.90 Å². The number of aromatic nitrogens is 2. The number of rotatable bonds is 5. The van der Waals surface area contributed by atoms with E-state index in [1.165, 1.54) is 36.0 Å². The molecule has 8 nitrogen and oxygen atoms in total. The average molecular weight is 361 g/mol. The van der Waals surface area contributed by atoms with E-state index in [1.54, 1.807) is 13.1 Å². The highest BCUT2D eigenvalue weighted by molar-refractivity contribution is 6.05. The van der Waals surface area contributed by atoms with Gasteiger partial charge in [-0.2, -0.15) is 0 Å². The zero-order valence-electron chi connectivity index (χ0n) is 14.8. The van der Waals surface area contributed by atoms with E-state index in [2.05, 4.69) is 9.97 Å². The Morgan fingerprint density at radius 1 is 1.35 bits per heavy atom. The topological polar surface area (TPSA) is 89.6 Å². The van der Waals surface area contributed by atoms with Gasteiger partial charge in [-0.3, -0.25) is 14.5 Å². The Morgan fingerprint density at radius 2 is 2.08 bits per heavy atom. The summed E-state index contributed by atoms with van der Waals surface area (Å²) in [5, 5.41) is 0. The van der Waals surface area contributed by atoms with Crippen molar-refractivity contribution in [3.05, 3.63) is 29.8 Å². The van der Waals surface area contributed by atoms with Crippen LogP contribution in [0, 0.1) is 5.82 Å². The number of nitrogens with zero attached hydrogens (tertiary/aromatic N) is 4. The maximum Gasteiger partial charge on any atom is 0.326 e. The van der Waals surface area contributed by atoms with Crippen LogP contribution in [0.4, 0.5) is 9.18 Å². The first-order valence-corrected chi connectivity index (χ1v) is 8.20. The fourth-order valence-electron chi connectivity index (χ4n) is 2.95. The molecular weight excluding hydrogens is 341 g/mol. The summed E-state index contributed by atoms with van der Waals surface area (Å²) >= 11 is 0. The Balaban J connectivity index is 1.58. The standard InChI is InChI=1S/C17H20FN5O3/c1-21(15(24)9-13-16(25)23(3)17(26)22(13)2)7-6-14-19-11-5-4-10(18)8-12(11)20-14/h4-5,8,13H,6-7,9H2,1-3H3,(H,19,20)/t13-/m1/s1. The first kappa shape index (κ1) is 17.8. The smallest absolute Gasteiger partial charge is 0.326 e. The molecule has 1 aromatic carbocycles. The van der Waals surface area contributed by atoms with E-state index in [-0.39, 0.29) is 24.1 Å². The van der Waals surface area contributed by atoms with Gasteiger partial charge in [0.2, 0.25) is 5.91 Å². The fourth-order valence-corrected chi connectivity index (χ4v) is 2.95. The molecule has 3 rings (SSSR count). The van der Waals surface area contributed by atoms with Gasteiger partial charge >= 0.3 is 6.03 Å². The lowest BCUT2D eigenvalue weighted by atomic mass is 10.1. The normalized spacial score (nSPS) is 17.5. The van der Waals surface area contributed by atoms with Gasteiger partial charge in [0.1, 0.15) is 17.7 Å². The summed E-state index contributed by atoms with van der Waals surface area (Å²) in [5.74, 6) is -0.307. The summed E-state index contributed by atoms with van der Waals surface area (Å²) in [4.78, 5) is 47.4. The van der Waals surface area contributed by atoms with Crippen LogP contribution in [0.5, 0.6) is 0 Å². The van der Waals surface area contributed by atoms with Crippen LogP contribution in [-0.2, 0) is 16.0 Å². The molecule has 0 spiro atoms. The molecule has 1 aliphatic heterocycles. The third-order valence-electron chi connectivity index (χ3n) is 4.64. The number of H-pyrrole nitrogens is 1. The number of hydrogen-bond donors (Lipinski definition) is 1. The minimum Gasteiger partial charge on any atom is -0.345 e. The lowest BCUT2D eigenvalue weighted by Crippen LogP contribution is -2.38. The monoisotopic (exact) mass is 361 g/mol. The van der Waals surface area contributed by atoms with Crippen LogP contribution in [0.3, 0.4) is 0 Å². The quantitative estimate of drug-likeness (QED) is 0.804. The van der Waals surface area contributed by atoms with Crippen LogP contribution in [0.15, 0.2) is 18.2 Å². The Hall–Kier alpha value is -2.97. The van der Waals surface area contributed by atoms with E-state index in [0.29, 0.717) is 29.8 Å². The minimum atomic E-state index is -0.767. The number of nitrogens with one attached hydrogen (secondary N) is 1. The number of benzene rings is 1. The first-order chi connectivity index (χ1) is 12.3. The number of imidazole rings is 1. The summed E-state index contributed by atoms with van der Waals surface area (Å²) in [6.45, 7) is 0.384. The molecule has 0 saturated carbocycles. The summed E-state index contributed by atoms with van der Waals surface area (Å²) in [7, 11) is 4.55. The minimum absolute atomic E-state index is 0.0622. The van der Waals surface area contributed by atoms with Crippen molar-refractivity contribution < 1.29 is 18.8 Å². The molecule has 0 bridgehead atoms. The average Bonchev–Trinajstić information content (AvgIpc) is 3.09. The van der Waals surface area contributed by atoms with Crippen molar-refractivity contribution in [1.29, 1.82) is 0 Å². The van der Waals surface area contributed by atoms with Gasteiger partial charge in [0.25, 0.3) is 5.91 Å². The maximum absolute atomic E-state index is 13.2. The van der Waals surface area contributed by atoms with Crippen LogP contribution in [0.25, 0.3) is 11.0 Å². The molecular formula is C17H20FN5O3. The predicted octanol–water partition coefficient (Wildman–Crippen LogP) is 0.985. The molecule has 1 N–H and O–H groups in total. The molecule has 0 aliphatic carbocycles. The molecule has 0 unspecified atom stereocenters. The molecule has 26 heavy (non-hydrogen) atoms. The van der Waals surface area contributed by atoms with Crippen LogP contribution in [0.2, 0.25) is 0 Å². The number of aromatic amines is 1. The van der Waals surface area contributed by atoms with E-state index < -0.39 is 12.1 Å². The van der Waals surface area contributed by atoms with E-state index in [4.69, 9.17) is 0 Å². The number of carbonyl (C=O) groups excluding carboxylic acids is 3. The molecule has 1 fully saturated rings. The Labute approximate surface area is 149 Å². The van der Waals surface area contributed by atoms with Gasteiger partial charge < -0.3 is 14.8 Å². The molecule has 1 saturated heterocycles. The van der Waals surface area contributed by atoms with Crippen molar-refractivity contribution in [2.24, 2.45) is 0 Å². The van der Waals surface area contributed by atoms with Gasteiger partial charge in [0, 0.05) is 34.1 Å². The molecule has 138 valence electrons. The van der Waals surface area contributed by atoms with Crippen LogP contribution < -0.4 is 0 Å². The second kappa shape index (κ2) is 6.74. The number of hydrogen-bond acceptors (Lipinski definition) is 4. The Morgan fingerprint density at radius 3 is 2.73 bits per heavy atom. The Kier molecular flexibility index (Phi) is 4.62. The van der Waals surface area contributed by atoms with Crippen molar-refractivity contribution in [2.45, 2.75) is 18.9 Å². The third kappa shape index (κ3) is 3.24. The van der Waals surface area contributed by atoms with Gasteiger partial charge in [0.15, 0.2) is 0 Å². The number of urea groups is 1. The van der Waals surface area contributed by atoms with Gasteiger partial charge in [-0.1, -0.05) is 0 Å². The summed E-state index contributed by atoms with van der Waals surface area (Å²) in [6, 6.07) is 3.13. The highest BCUT2D eigenvalue weighted by Crippen LogP contribution is 2.18. The van der Waals surface area contributed by atoms with Crippen LogP contribution in [-0.4, -0.2) is 76.2 Å². The number of imide groups is 1. The van der Waals surface area contributed by atoms with Crippen molar-refractivity contribution in [2.75, 3.05) is 27.7 Å². The highest BCUT2D eigenvalue weighted by atomic mass is 19.1. The van der Waals surface area contributed by atoms with Gasteiger partial charge in [-0.15, -0.1) is 0 Å². The van der Waals surface area contributed by atoms with Crippen molar-refractivity contribution in [3.8, 4) is 0 Å². The second-order valence-corrected chi connectivity index (χ2v) is 6.42. The molecule has 2 heterocycles. The number of fused-ring (bicyclic) bond motifs is 1. The number of amides is 4. The number of carbonyl (C=O) groups is 3. The number of halogens is 1. The molecule has 1 aliphatic rings. The Bertz CT molecular complexity index is 880. The van der Waals surface area contributed by atoms with Crippen molar-refractivity contribution in [3.63, 3.8) is 0 Å². The van der Waals surface area contributed by atoms with E-state index in [9.17, 15) is 18.8 Å². The first-order valence-electron chi connectivity index (χ1n) is 8.20. The lowest BCUT2D eigenvalue weighted by Gasteiger charge is -2.20. The fraction of sp³-hybridized carbons (Fsp3) is 0.412. The second-order valence-electron chi connectivity index (χ2n) is 6.42. The van der Waals surface area contributed by atoms with Crippen LogP contribution >= 0.6 is 0 Å². The van der Waals surface area contributed by atoms with Crippen molar-refractivity contribution >= 4 is 28.9 Å². The van der Waals surface area contributed by atoms with Crippen LogP contribution in [0.1, 0.15) is 12.2 Å². The maximum atomic E-state index is 13.2. The lowest BCUT2D eigenvalue weighted by molar-refractivity contribution is -0.135. The van der Waals surface area contributed by atoms with E-state index in [1.807, 2.05) is 0 Å². The summed E-state index contributed by atoms with van der Waals surface area (Å²) in [6.07, 6.45) is 0.402.